The molecule has 3 heterocycles. The van der Waals surface area contributed by atoms with Gasteiger partial charge in [0.2, 0.25) is 0 Å². The summed E-state index contributed by atoms with van der Waals surface area (Å²) in [7, 11) is 3.43. The molecule has 0 saturated carbocycles. The van der Waals surface area contributed by atoms with Gasteiger partial charge in [-0.1, -0.05) is 0 Å². The van der Waals surface area contributed by atoms with Crippen LogP contribution in [0.2, 0.25) is 0 Å². The molecule has 7 nitrogen and oxygen atoms in total. The van der Waals surface area contributed by atoms with Crippen LogP contribution in [0.1, 0.15) is 10.4 Å². The number of carbonyl (C=O) groups is 1. The first-order valence-electron chi connectivity index (χ1n) is 8.06. The van der Waals surface area contributed by atoms with E-state index in [1.54, 1.807) is 64.8 Å². The van der Waals surface area contributed by atoms with Gasteiger partial charge in [-0.25, -0.2) is 4.79 Å². The van der Waals surface area contributed by atoms with Crippen molar-refractivity contribution >= 4 is 16.9 Å². The van der Waals surface area contributed by atoms with Crippen molar-refractivity contribution in [1.29, 1.82) is 0 Å². The molecular weight excluding hydrogens is 320 g/mol. The fourth-order valence-electron chi connectivity index (χ4n) is 3.11. The minimum Gasteiger partial charge on any atom is -0.487 e. The molecule has 1 fully saturated rings. The lowest BCUT2D eigenvalue weighted by Crippen LogP contribution is -2.56. The van der Waals surface area contributed by atoms with Crippen LogP contribution in [-0.2, 0) is 14.1 Å². The second kappa shape index (κ2) is 5.77. The molecule has 0 radical (unpaired) electrons. The van der Waals surface area contributed by atoms with E-state index in [0.29, 0.717) is 18.7 Å². The van der Waals surface area contributed by atoms with Gasteiger partial charge >= 0.3 is 5.69 Å². The molecule has 0 spiro atoms. The Morgan fingerprint density at radius 3 is 2.48 bits per heavy atom. The van der Waals surface area contributed by atoms with Crippen molar-refractivity contribution in [2.45, 2.75) is 6.10 Å². The molecule has 1 amide bonds. The van der Waals surface area contributed by atoms with Crippen LogP contribution in [-0.4, -0.2) is 44.1 Å². The molecule has 0 atom stereocenters. The molecule has 1 aromatic carbocycles. The number of amides is 1. The molecule has 3 aromatic rings. The Hall–Kier alpha value is -3.09. The molecule has 1 aliphatic heterocycles. The molecule has 25 heavy (non-hydrogen) atoms. The summed E-state index contributed by atoms with van der Waals surface area (Å²) in [5.41, 5.74) is 2.04. The fraction of sp³-hybridized carbons (Fsp3) is 0.278. The van der Waals surface area contributed by atoms with Crippen molar-refractivity contribution in [3.63, 3.8) is 0 Å². The van der Waals surface area contributed by atoms with E-state index in [9.17, 15) is 9.59 Å². The van der Waals surface area contributed by atoms with Crippen molar-refractivity contribution in [3.05, 3.63) is 58.8 Å². The van der Waals surface area contributed by atoms with Gasteiger partial charge in [-0.2, -0.15) is 0 Å². The molecule has 0 bridgehead atoms. The average molecular weight is 338 g/mol. The number of imidazole rings is 1. The van der Waals surface area contributed by atoms with Crippen molar-refractivity contribution in [1.82, 2.24) is 19.0 Å². The van der Waals surface area contributed by atoms with E-state index < -0.39 is 0 Å². The van der Waals surface area contributed by atoms with Gasteiger partial charge in [0.1, 0.15) is 11.9 Å². The number of hydrogen-bond acceptors (Lipinski definition) is 4. The molecule has 0 N–H and O–H groups in total. The number of benzene rings is 1. The SMILES string of the molecule is Cn1c(=O)n(C)c2cc(C(=O)N3CC(Oc4ccncc4)C3)ccc21. The second-order valence-corrected chi connectivity index (χ2v) is 6.24. The van der Waals surface area contributed by atoms with Gasteiger partial charge < -0.3 is 9.64 Å². The number of fused-ring (bicyclic) bond motifs is 1. The molecule has 4 rings (SSSR count). The molecule has 0 aliphatic carbocycles. The van der Waals surface area contributed by atoms with E-state index in [0.717, 1.165) is 16.8 Å². The summed E-state index contributed by atoms with van der Waals surface area (Å²) < 4.78 is 8.92. The van der Waals surface area contributed by atoms with Gasteiger partial charge in [0, 0.05) is 32.1 Å². The van der Waals surface area contributed by atoms with Crippen molar-refractivity contribution in [3.8, 4) is 5.75 Å². The smallest absolute Gasteiger partial charge is 0.328 e. The topological polar surface area (TPSA) is 69.4 Å². The molecule has 1 saturated heterocycles. The first-order valence-corrected chi connectivity index (χ1v) is 8.06. The van der Waals surface area contributed by atoms with Gasteiger partial charge in [0.15, 0.2) is 0 Å². The summed E-state index contributed by atoms with van der Waals surface area (Å²) in [5.74, 6) is 0.709. The lowest BCUT2D eigenvalue weighted by molar-refractivity contribution is 0.0178. The lowest BCUT2D eigenvalue weighted by Gasteiger charge is -2.39. The number of aromatic nitrogens is 3. The fourth-order valence-corrected chi connectivity index (χ4v) is 3.11. The van der Waals surface area contributed by atoms with Crippen LogP contribution < -0.4 is 10.4 Å². The number of aryl methyl sites for hydroxylation is 2. The Labute approximate surface area is 144 Å². The molecule has 2 aromatic heterocycles. The quantitative estimate of drug-likeness (QED) is 0.719. The van der Waals surface area contributed by atoms with E-state index in [2.05, 4.69) is 4.98 Å². The third-order valence-electron chi connectivity index (χ3n) is 4.61. The monoisotopic (exact) mass is 338 g/mol. The highest BCUT2D eigenvalue weighted by Crippen LogP contribution is 2.21. The highest BCUT2D eigenvalue weighted by atomic mass is 16.5. The van der Waals surface area contributed by atoms with Gasteiger partial charge in [-0.15, -0.1) is 0 Å². The maximum Gasteiger partial charge on any atom is 0.328 e. The molecule has 1 aliphatic rings. The Kier molecular flexibility index (Phi) is 3.56. The third kappa shape index (κ3) is 2.57. The number of rotatable bonds is 3. The Balaban J connectivity index is 1.48. The van der Waals surface area contributed by atoms with Gasteiger partial charge in [-0.3, -0.25) is 18.9 Å². The second-order valence-electron chi connectivity index (χ2n) is 6.24. The highest BCUT2D eigenvalue weighted by Gasteiger charge is 2.33. The first kappa shape index (κ1) is 15.4. The number of nitrogens with zero attached hydrogens (tertiary/aromatic N) is 4. The maximum atomic E-state index is 12.6. The summed E-state index contributed by atoms with van der Waals surface area (Å²) in [4.78, 5) is 30.3. The molecule has 128 valence electrons. The summed E-state index contributed by atoms with van der Waals surface area (Å²) in [5, 5.41) is 0. The van der Waals surface area contributed by atoms with Crippen molar-refractivity contribution in [2.75, 3.05) is 13.1 Å². The van der Waals surface area contributed by atoms with Gasteiger partial charge in [0.25, 0.3) is 5.91 Å². The Morgan fingerprint density at radius 1 is 1.08 bits per heavy atom. The summed E-state index contributed by atoms with van der Waals surface area (Å²) in [6.45, 7) is 1.10. The van der Waals surface area contributed by atoms with E-state index in [1.165, 1.54) is 0 Å². The number of ether oxygens (including phenoxy) is 1. The number of pyridine rings is 1. The molecule has 0 unspecified atom stereocenters. The summed E-state index contributed by atoms with van der Waals surface area (Å²) in [6.07, 6.45) is 3.35. The van der Waals surface area contributed by atoms with Gasteiger partial charge in [0.05, 0.1) is 24.1 Å². The van der Waals surface area contributed by atoms with Crippen molar-refractivity contribution < 1.29 is 9.53 Å². The Morgan fingerprint density at radius 2 is 1.76 bits per heavy atom. The van der Waals surface area contributed by atoms with Crippen LogP contribution >= 0.6 is 0 Å². The number of hydrogen-bond donors (Lipinski definition) is 0. The minimum absolute atomic E-state index is 0.00355. The molecular formula is C18H18N4O3. The number of likely N-dealkylation sites (tertiary alicyclic amines) is 1. The zero-order valence-electron chi connectivity index (χ0n) is 14.0. The number of carbonyl (C=O) groups excluding carboxylic acids is 1. The molecule has 7 heteroatoms. The largest absolute Gasteiger partial charge is 0.487 e. The van der Waals surface area contributed by atoms with Crippen LogP contribution in [0, 0.1) is 0 Å². The predicted octanol–water partition coefficient (Wildman–Crippen LogP) is 1.18. The Bertz CT molecular complexity index is 1000. The van der Waals surface area contributed by atoms with E-state index in [1.807, 2.05) is 6.07 Å². The predicted molar refractivity (Wildman–Crippen MR) is 92.7 cm³/mol. The van der Waals surface area contributed by atoms with E-state index >= 15 is 0 Å². The minimum atomic E-state index is -0.102. The zero-order chi connectivity index (χ0) is 17.6. The maximum absolute atomic E-state index is 12.6. The first-order chi connectivity index (χ1) is 12.0. The zero-order valence-corrected chi connectivity index (χ0v) is 14.0. The van der Waals surface area contributed by atoms with E-state index in [4.69, 9.17) is 4.74 Å². The van der Waals surface area contributed by atoms with Crippen LogP contribution in [0.3, 0.4) is 0 Å². The van der Waals surface area contributed by atoms with Crippen LogP contribution in [0.5, 0.6) is 5.75 Å². The normalized spacial score (nSPS) is 14.6. The standard InChI is InChI=1S/C18H18N4O3/c1-20-15-4-3-12(9-16(15)21(2)18(20)24)17(23)22-10-14(11-22)25-13-5-7-19-8-6-13/h3-9,14H,10-11H2,1-2H3. The summed E-state index contributed by atoms with van der Waals surface area (Å²) >= 11 is 0. The highest BCUT2D eigenvalue weighted by molar-refractivity contribution is 5.98. The van der Waals surface area contributed by atoms with Crippen LogP contribution in [0.4, 0.5) is 0 Å². The van der Waals surface area contributed by atoms with Gasteiger partial charge in [-0.05, 0) is 30.3 Å². The van der Waals surface area contributed by atoms with Crippen LogP contribution in [0.15, 0.2) is 47.5 Å². The van der Waals surface area contributed by atoms with E-state index in [-0.39, 0.29) is 17.7 Å². The van der Waals surface area contributed by atoms with Crippen molar-refractivity contribution in [2.24, 2.45) is 14.1 Å². The summed E-state index contributed by atoms with van der Waals surface area (Å²) in [6, 6.07) is 8.95. The average Bonchev–Trinajstić information content (AvgIpc) is 2.82. The third-order valence-corrected chi connectivity index (χ3v) is 4.61. The van der Waals surface area contributed by atoms with Crippen LogP contribution in [0.25, 0.3) is 11.0 Å². The lowest BCUT2D eigenvalue weighted by atomic mass is 10.1.